The van der Waals surface area contributed by atoms with Gasteiger partial charge in [-0.1, -0.05) is 30.3 Å². The molecule has 0 atom stereocenters. The number of hydrogen-bond acceptors (Lipinski definition) is 3. The Morgan fingerprint density at radius 2 is 1.78 bits per heavy atom. The van der Waals surface area contributed by atoms with Crippen molar-refractivity contribution in [1.29, 1.82) is 0 Å². The molecule has 0 unspecified atom stereocenters. The third-order valence-corrected chi connectivity index (χ3v) is 3.77. The standard InChI is InChI=1S/C18H28N2O3/c1-4-19(15-17-9-6-5-7-10-17)18(22)11-13-20(16(2)21)12-8-14-23-3/h5-7,9-10H,4,8,11-15H2,1-3H3. The number of rotatable bonds is 10. The Hall–Kier alpha value is -1.88. The van der Waals surface area contributed by atoms with Crippen molar-refractivity contribution in [2.75, 3.05) is 33.4 Å². The maximum absolute atomic E-state index is 12.4. The summed E-state index contributed by atoms with van der Waals surface area (Å²) in [6.07, 6.45) is 1.14. The molecule has 0 aliphatic carbocycles. The lowest BCUT2D eigenvalue weighted by atomic mass is 10.2. The van der Waals surface area contributed by atoms with E-state index < -0.39 is 0 Å². The fraction of sp³-hybridized carbons (Fsp3) is 0.556. The summed E-state index contributed by atoms with van der Waals surface area (Å²) in [5.74, 6) is 0.0781. The van der Waals surface area contributed by atoms with Crippen LogP contribution >= 0.6 is 0 Å². The highest BCUT2D eigenvalue weighted by Gasteiger charge is 2.15. The highest BCUT2D eigenvalue weighted by molar-refractivity contribution is 5.78. The van der Waals surface area contributed by atoms with Crippen LogP contribution in [0.1, 0.15) is 32.3 Å². The number of hydrogen-bond donors (Lipinski definition) is 0. The highest BCUT2D eigenvalue weighted by Crippen LogP contribution is 2.07. The normalized spacial score (nSPS) is 10.4. The maximum Gasteiger partial charge on any atom is 0.224 e. The number of benzene rings is 1. The van der Waals surface area contributed by atoms with Gasteiger partial charge in [0.15, 0.2) is 0 Å². The summed E-state index contributed by atoms with van der Waals surface area (Å²) in [6.45, 7) is 6.50. The van der Waals surface area contributed by atoms with E-state index in [-0.39, 0.29) is 11.8 Å². The minimum absolute atomic E-state index is 0.0000101. The molecule has 0 aliphatic heterocycles. The van der Waals surface area contributed by atoms with Crippen LogP contribution in [-0.4, -0.2) is 55.0 Å². The predicted molar refractivity (Wildman–Crippen MR) is 90.9 cm³/mol. The fourth-order valence-corrected chi connectivity index (χ4v) is 2.40. The molecular weight excluding hydrogens is 292 g/mol. The van der Waals surface area contributed by atoms with Gasteiger partial charge in [-0.05, 0) is 18.9 Å². The van der Waals surface area contributed by atoms with Gasteiger partial charge in [-0.2, -0.15) is 0 Å². The number of nitrogens with zero attached hydrogens (tertiary/aromatic N) is 2. The topological polar surface area (TPSA) is 49.9 Å². The molecule has 0 N–H and O–H groups in total. The van der Waals surface area contributed by atoms with E-state index in [2.05, 4.69) is 0 Å². The van der Waals surface area contributed by atoms with Gasteiger partial charge in [0.1, 0.15) is 0 Å². The van der Waals surface area contributed by atoms with Crippen LogP contribution in [0.5, 0.6) is 0 Å². The highest BCUT2D eigenvalue weighted by atomic mass is 16.5. The van der Waals surface area contributed by atoms with Gasteiger partial charge in [-0.15, -0.1) is 0 Å². The van der Waals surface area contributed by atoms with Gasteiger partial charge in [0.25, 0.3) is 0 Å². The zero-order chi connectivity index (χ0) is 17.1. The lowest BCUT2D eigenvalue weighted by Gasteiger charge is -2.24. The number of carbonyl (C=O) groups is 2. The van der Waals surface area contributed by atoms with Crippen molar-refractivity contribution < 1.29 is 14.3 Å². The van der Waals surface area contributed by atoms with E-state index in [1.807, 2.05) is 42.2 Å². The zero-order valence-electron chi connectivity index (χ0n) is 14.5. The molecule has 0 saturated heterocycles. The molecule has 1 rings (SSSR count). The van der Waals surface area contributed by atoms with Crippen LogP contribution in [0, 0.1) is 0 Å². The molecular formula is C18H28N2O3. The summed E-state index contributed by atoms with van der Waals surface area (Å²) in [7, 11) is 1.64. The largest absolute Gasteiger partial charge is 0.385 e. The van der Waals surface area contributed by atoms with Crippen LogP contribution in [0.4, 0.5) is 0 Å². The maximum atomic E-state index is 12.4. The van der Waals surface area contributed by atoms with Crippen LogP contribution in [-0.2, 0) is 20.9 Å². The SMILES string of the molecule is CCN(Cc1ccccc1)C(=O)CCN(CCCOC)C(C)=O. The molecule has 0 bridgehead atoms. The average molecular weight is 320 g/mol. The summed E-state index contributed by atoms with van der Waals surface area (Å²) < 4.78 is 5.01. The van der Waals surface area contributed by atoms with E-state index >= 15 is 0 Å². The van der Waals surface area contributed by atoms with Gasteiger partial charge in [-0.25, -0.2) is 0 Å². The summed E-state index contributed by atoms with van der Waals surface area (Å²) in [5.41, 5.74) is 1.12. The Bertz CT molecular complexity index is 476. The van der Waals surface area contributed by atoms with Crippen molar-refractivity contribution in [3.05, 3.63) is 35.9 Å². The summed E-state index contributed by atoms with van der Waals surface area (Å²) >= 11 is 0. The van der Waals surface area contributed by atoms with Gasteiger partial charge in [0, 0.05) is 53.2 Å². The van der Waals surface area contributed by atoms with Crippen LogP contribution in [0.2, 0.25) is 0 Å². The van der Waals surface area contributed by atoms with E-state index in [4.69, 9.17) is 4.74 Å². The Morgan fingerprint density at radius 3 is 2.35 bits per heavy atom. The summed E-state index contributed by atoms with van der Waals surface area (Å²) in [5, 5.41) is 0. The van der Waals surface area contributed by atoms with Crippen molar-refractivity contribution in [3.8, 4) is 0 Å². The summed E-state index contributed by atoms with van der Waals surface area (Å²) in [4.78, 5) is 27.6. The van der Waals surface area contributed by atoms with Crippen LogP contribution < -0.4 is 0 Å². The van der Waals surface area contributed by atoms with Gasteiger partial charge in [-0.3, -0.25) is 9.59 Å². The smallest absolute Gasteiger partial charge is 0.224 e. The van der Waals surface area contributed by atoms with E-state index in [1.54, 1.807) is 18.9 Å². The Morgan fingerprint density at radius 1 is 1.09 bits per heavy atom. The fourth-order valence-electron chi connectivity index (χ4n) is 2.40. The quantitative estimate of drug-likeness (QED) is 0.622. The van der Waals surface area contributed by atoms with Gasteiger partial charge in [0.2, 0.25) is 11.8 Å². The van der Waals surface area contributed by atoms with Crippen molar-refractivity contribution in [3.63, 3.8) is 0 Å². The first-order chi connectivity index (χ1) is 11.1. The molecule has 0 radical (unpaired) electrons. The number of methoxy groups -OCH3 is 1. The molecule has 23 heavy (non-hydrogen) atoms. The molecule has 0 aromatic heterocycles. The number of ether oxygens (including phenoxy) is 1. The second-order valence-corrected chi connectivity index (χ2v) is 5.50. The first kappa shape index (κ1) is 19.2. The Kier molecular flexibility index (Phi) is 8.98. The molecule has 2 amide bonds. The van der Waals surface area contributed by atoms with Gasteiger partial charge >= 0.3 is 0 Å². The predicted octanol–water partition coefficient (Wildman–Crippen LogP) is 2.31. The van der Waals surface area contributed by atoms with E-state index in [9.17, 15) is 9.59 Å². The Balaban J connectivity index is 2.49. The minimum atomic E-state index is 0.0000101. The number of amides is 2. The minimum Gasteiger partial charge on any atom is -0.385 e. The molecule has 0 aliphatic rings. The van der Waals surface area contributed by atoms with Crippen LogP contribution in [0.3, 0.4) is 0 Å². The van der Waals surface area contributed by atoms with Crippen molar-refractivity contribution >= 4 is 11.8 Å². The van der Waals surface area contributed by atoms with Gasteiger partial charge < -0.3 is 14.5 Å². The Labute approximate surface area is 139 Å². The van der Waals surface area contributed by atoms with Crippen molar-refractivity contribution in [2.45, 2.75) is 33.2 Å². The molecule has 1 aromatic carbocycles. The molecule has 5 heteroatoms. The monoisotopic (exact) mass is 320 g/mol. The first-order valence-electron chi connectivity index (χ1n) is 8.14. The molecule has 128 valence electrons. The molecule has 0 saturated carbocycles. The van der Waals surface area contributed by atoms with Crippen LogP contribution in [0.25, 0.3) is 0 Å². The third-order valence-electron chi connectivity index (χ3n) is 3.77. The lowest BCUT2D eigenvalue weighted by Crippen LogP contribution is -2.36. The van der Waals surface area contributed by atoms with E-state index in [0.717, 1.165) is 12.0 Å². The lowest BCUT2D eigenvalue weighted by molar-refractivity contribution is -0.133. The van der Waals surface area contributed by atoms with Crippen LogP contribution in [0.15, 0.2) is 30.3 Å². The molecule has 0 spiro atoms. The molecule has 1 aromatic rings. The second-order valence-electron chi connectivity index (χ2n) is 5.50. The molecule has 0 heterocycles. The van der Waals surface area contributed by atoms with Crippen molar-refractivity contribution in [2.24, 2.45) is 0 Å². The molecule has 5 nitrogen and oxygen atoms in total. The first-order valence-corrected chi connectivity index (χ1v) is 8.14. The zero-order valence-corrected chi connectivity index (χ0v) is 14.5. The molecule has 0 fully saturated rings. The van der Waals surface area contributed by atoms with Crippen molar-refractivity contribution in [1.82, 2.24) is 9.80 Å². The van der Waals surface area contributed by atoms with E-state index in [1.165, 1.54) is 0 Å². The second kappa shape index (κ2) is 10.8. The summed E-state index contributed by atoms with van der Waals surface area (Å²) in [6, 6.07) is 9.94. The van der Waals surface area contributed by atoms with Gasteiger partial charge in [0.05, 0.1) is 0 Å². The average Bonchev–Trinajstić information content (AvgIpc) is 2.56. The van der Waals surface area contributed by atoms with E-state index in [0.29, 0.717) is 39.2 Å². The third kappa shape index (κ3) is 7.28. The number of carbonyl (C=O) groups excluding carboxylic acids is 2.